The van der Waals surface area contributed by atoms with Crippen LogP contribution in [-0.2, 0) is 28.4 Å². The molecule has 1 atom stereocenters. The molecule has 0 saturated heterocycles. The molecule has 0 radical (unpaired) electrons. The maximum atomic E-state index is 12.8. The highest BCUT2D eigenvalue weighted by atomic mass is 32.2. The minimum Gasteiger partial charge on any atom is -0.307 e. The van der Waals surface area contributed by atoms with Crippen LogP contribution in [0.2, 0.25) is 0 Å². The highest BCUT2D eigenvalue weighted by Crippen LogP contribution is 2.50. The summed E-state index contributed by atoms with van der Waals surface area (Å²) in [6, 6.07) is 12.8. The second kappa shape index (κ2) is 8.24. The molecule has 7 nitrogen and oxygen atoms in total. The van der Waals surface area contributed by atoms with Gasteiger partial charge in [-0.1, -0.05) is 48.0 Å². The fourth-order valence-electron chi connectivity index (χ4n) is 2.26. The van der Waals surface area contributed by atoms with Gasteiger partial charge in [0, 0.05) is 14.2 Å². The number of benzene rings is 2. The summed E-state index contributed by atoms with van der Waals surface area (Å²) in [5.41, 5.74) is 0.217. The summed E-state index contributed by atoms with van der Waals surface area (Å²) in [7, 11) is -6.06. The average molecular weight is 397 g/mol. The van der Waals surface area contributed by atoms with Crippen molar-refractivity contribution < 1.29 is 26.8 Å². The van der Waals surface area contributed by atoms with Crippen LogP contribution in [-0.4, -0.2) is 28.2 Å². The number of carbonyl (C=O) groups is 1. The molecule has 1 unspecified atom stereocenters. The Morgan fingerprint density at radius 3 is 2.04 bits per heavy atom. The molecule has 0 aliphatic carbocycles. The molecule has 0 aromatic heterocycles. The van der Waals surface area contributed by atoms with Crippen molar-refractivity contribution in [2.24, 2.45) is 0 Å². The van der Waals surface area contributed by atoms with Gasteiger partial charge in [-0.2, -0.15) is 4.72 Å². The molecule has 2 rings (SSSR count). The monoisotopic (exact) mass is 397 g/mol. The summed E-state index contributed by atoms with van der Waals surface area (Å²) in [5.74, 6) is 0. The standard InChI is InChI=1S/C17H20NO6PS/c1-13-9-11-15(12-10-13)26(21,22)18-16(14-7-5-4-6-8-14)17(19)25(20,23-2)24-3/h4-12,16,18H,1-3H3. The van der Waals surface area contributed by atoms with Crippen LogP contribution in [0, 0.1) is 6.92 Å². The number of aryl methyl sites for hydroxylation is 1. The molecule has 26 heavy (non-hydrogen) atoms. The lowest BCUT2D eigenvalue weighted by molar-refractivity contribution is -0.115. The van der Waals surface area contributed by atoms with E-state index < -0.39 is 29.2 Å². The molecule has 1 N–H and O–H groups in total. The molecule has 0 bridgehead atoms. The van der Waals surface area contributed by atoms with Crippen molar-refractivity contribution in [2.45, 2.75) is 17.9 Å². The van der Waals surface area contributed by atoms with Gasteiger partial charge < -0.3 is 9.05 Å². The van der Waals surface area contributed by atoms with Crippen molar-refractivity contribution >= 4 is 23.1 Å². The zero-order valence-electron chi connectivity index (χ0n) is 14.6. The maximum absolute atomic E-state index is 12.8. The Morgan fingerprint density at radius 2 is 1.54 bits per heavy atom. The second-order valence-corrected chi connectivity index (χ2v) is 9.36. The van der Waals surface area contributed by atoms with Crippen LogP contribution < -0.4 is 4.72 Å². The predicted octanol–water partition coefficient (Wildman–Crippen LogP) is 3.03. The van der Waals surface area contributed by atoms with Crippen LogP contribution >= 0.6 is 7.60 Å². The van der Waals surface area contributed by atoms with Crippen molar-refractivity contribution in [3.8, 4) is 0 Å². The summed E-state index contributed by atoms with van der Waals surface area (Å²) in [6.45, 7) is 1.83. The van der Waals surface area contributed by atoms with Crippen LogP contribution in [0.4, 0.5) is 0 Å². The molecule has 2 aromatic rings. The van der Waals surface area contributed by atoms with E-state index in [4.69, 9.17) is 9.05 Å². The highest BCUT2D eigenvalue weighted by molar-refractivity contribution is 7.89. The molecule has 0 fully saturated rings. The summed E-state index contributed by atoms with van der Waals surface area (Å²) >= 11 is 0. The molecular formula is C17H20NO6PS. The topological polar surface area (TPSA) is 98.8 Å². The first-order chi connectivity index (χ1) is 12.2. The number of nitrogens with one attached hydrogen (secondary N) is 1. The first-order valence-corrected chi connectivity index (χ1v) is 10.7. The molecule has 0 amide bonds. The largest absolute Gasteiger partial charge is 0.398 e. The van der Waals surface area contributed by atoms with Gasteiger partial charge in [0.25, 0.3) is 5.52 Å². The number of carbonyl (C=O) groups excluding carboxylic acids is 1. The third-order valence-electron chi connectivity index (χ3n) is 3.73. The van der Waals surface area contributed by atoms with E-state index in [9.17, 15) is 17.8 Å². The number of hydrogen-bond acceptors (Lipinski definition) is 6. The van der Waals surface area contributed by atoms with Crippen molar-refractivity contribution in [3.63, 3.8) is 0 Å². The third-order valence-corrected chi connectivity index (χ3v) is 6.93. The molecule has 0 heterocycles. The van der Waals surface area contributed by atoms with Crippen molar-refractivity contribution in [1.29, 1.82) is 0 Å². The van der Waals surface area contributed by atoms with Crippen LogP contribution in [0.25, 0.3) is 0 Å². The lowest BCUT2D eigenvalue weighted by Crippen LogP contribution is -2.34. The minimum absolute atomic E-state index is 0.0125. The highest BCUT2D eigenvalue weighted by Gasteiger charge is 2.41. The smallest absolute Gasteiger partial charge is 0.307 e. The molecule has 0 spiro atoms. The van der Waals surface area contributed by atoms with E-state index in [0.717, 1.165) is 19.8 Å². The Balaban J connectivity index is 2.47. The first-order valence-electron chi connectivity index (χ1n) is 7.63. The Labute approximate surface area is 152 Å². The van der Waals surface area contributed by atoms with Gasteiger partial charge in [0.15, 0.2) is 0 Å². The molecule has 0 saturated carbocycles. The zero-order chi connectivity index (χ0) is 19.4. The number of rotatable bonds is 8. The van der Waals surface area contributed by atoms with E-state index in [1.165, 1.54) is 12.1 Å². The van der Waals surface area contributed by atoms with Crippen molar-refractivity contribution in [2.75, 3.05) is 14.2 Å². The van der Waals surface area contributed by atoms with Gasteiger partial charge in [0.2, 0.25) is 10.0 Å². The lowest BCUT2D eigenvalue weighted by Gasteiger charge is -2.21. The summed E-state index contributed by atoms with van der Waals surface area (Å²) < 4.78 is 49.7. The molecular weight excluding hydrogens is 377 g/mol. The van der Waals surface area contributed by atoms with Gasteiger partial charge in [-0.05, 0) is 24.6 Å². The van der Waals surface area contributed by atoms with Crippen LogP contribution in [0.15, 0.2) is 59.5 Å². The number of sulfonamides is 1. The van der Waals surface area contributed by atoms with Crippen LogP contribution in [0.1, 0.15) is 17.2 Å². The summed E-state index contributed by atoms with van der Waals surface area (Å²) in [5, 5.41) is 0. The minimum atomic E-state index is -4.15. The Bertz CT molecular complexity index is 904. The lowest BCUT2D eigenvalue weighted by atomic mass is 10.1. The molecule has 0 aliphatic heterocycles. The van der Waals surface area contributed by atoms with Crippen molar-refractivity contribution in [1.82, 2.24) is 4.72 Å². The van der Waals surface area contributed by atoms with Gasteiger partial charge in [-0.3, -0.25) is 9.36 Å². The van der Waals surface area contributed by atoms with E-state index in [1.807, 2.05) is 6.92 Å². The van der Waals surface area contributed by atoms with Gasteiger partial charge in [0.05, 0.1) is 4.90 Å². The van der Waals surface area contributed by atoms with Gasteiger partial charge in [-0.25, -0.2) is 8.42 Å². The van der Waals surface area contributed by atoms with E-state index in [-0.39, 0.29) is 4.90 Å². The Morgan fingerprint density at radius 1 is 1.00 bits per heavy atom. The maximum Gasteiger partial charge on any atom is 0.398 e. The number of hydrogen-bond donors (Lipinski definition) is 1. The van der Waals surface area contributed by atoms with E-state index >= 15 is 0 Å². The predicted molar refractivity (Wildman–Crippen MR) is 97.3 cm³/mol. The normalized spacial score (nSPS) is 13.3. The Kier molecular flexibility index (Phi) is 6.49. The molecule has 0 aliphatic rings. The fraction of sp³-hybridized carbons (Fsp3) is 0.235. The fourth-order valence-corrected chi connectivity index (χ4v) is 4.57. The van der Waals surface area contributed by atoms with E-state index in [2.05, 4.69) is 4.72 Å². The molecule has 140 valence electrons. The summed E-state index contributed by atoms with van der Waals surface area (Å²) in [6.07, 6.45) is 0. The Hall–Kier alpha value is -1.83. The van der Waals surface area contributed by atoms with Gasteiger partial charge in [0.1, 0.15) is 6.04 Å². The summed E-state index contributed by atoms with van der Waals surface area (Å²) in [4.78, 5) is 12.7. The molecule has 9 heteroatoms. The molecule has 2 aromatic carbocycles. The van der Waals surface area contributed by atoms with E-state index in [1.54, 1.807) is 42.5 Å². The second-order valence-electron chi connectivity index (χ2n) is 5.48. The quantitative estimate of drug-likeness (QED) is 0.688. The SMILES string of the molecule is COP(=O)(OC)C(=O)C(NS(=O)(=O)c1ccc(C)cc1)c1ccccc1. The third kappa shape index (κ3) is 4.47. The first kappa shape index (κ1) is 20.5. The van der Waals surface area contributed by atoms with E-state index in [0.29, 0.717) is 5.56 Å². The zero-order valence-corrected chi connectivity index (χ0v) is 16.3. The average Bonchev–Trinajstić information content (AvgIpc) is 2.66. The van der Waals surface area contributed by atoms with Gasteiger partial charge >= 0.3 is 7.60 Å². The van der Waals surface area contributed by atoms with Crippen LogP contribution in [0.3, 0.4) is 0 Å². The van der Waals surface area contributed by atoms with Gasteiger partial charge in [-0.15, -0.1) is 0 Å². The van der Waals surface area contributed by atoms with Crippen molar-refractivity contribution in [3.05, 3.63) is 65.7 Å². The van der Waals surface area contributed by atoms with Crippen LogP contribution in [0.5, 0.6) is 0 Å².